The van der Waals surface area contributed by atoms with Crippen molar-refractivity contribution in [3.63, 3.8) is 0 Å². The maximum absolute atomic E-state index is 12.2. The summed E-state index contributed by atoms with van der Waals surface area (Å²) in [6.45, 7) is -0.977. The van der Waals surface area contributed by atoms with Crippen molar-refractivity contribution in [1.82, 2.24) is 5.32 Å². The van der Waals surface area contributed by atoms with Gasteiger partial charge in [-0.05, 0) is 20.0 Å². The van der Waals surface area contributed by atoms with E-state index in [0.29, 0.717) is 11.3 Å². The van der Waals surface area contributed by atoms with Crippen molar-refractivity contribution in [3.05, 3.63) is 23.8 Å². The maximum atomic E-state index is 12.2. The van der Waals surface area contributed by atoms with E-state index in [9.17, 15) is 8.78 Å². The zero-order valence-electron chi connectivity index (χ0n) is 9.46. The molecule has 1 aromatic carbocycles. The van der Waals surface area contributed by atoms with Gasteiger partial charge >= 0.3 is 6.61 Å². The van der Waals surface area contributed by atoms with E-state index in [1.165, 1.54) is 13.2 Å². The van der Waals surface area contributed by atoms with Crippen LogP contribution in [0.4, 0.5) is 8.78 Å². The molecule has 1 unspecified atom stereocenters. The average molecular weight is 231 g/mol. The molecule has 90 valence electrons. The van der Waals surface area contributed by atoms with Gasteiger partial charge in [0, 0.05) is 17.7 Å². The highest BCUT2D eigenvalue weighted by Gasteiger charge is 2.14. The third-order valence-electron chi connectivity index (χ3n) is 2.34. The number of benzene rings is 1. The minimum Gasteiger partial charge on any atom is -0.497 e. The number of halogens is 2. The first-order chi connectivity index (χ1) is 7.58. The van der Waals surface area contributed by atoms with Gasteiger partial charge in [-0.3, -0.25) is 0 Å². The van der Waals surface area contributed by atoms with Crippen molar-refractivity contribution in [1.29, 1.82) is 0 Å². The minimum absolute atomic E-state index is 0.0698. The molecule has 0 fully saturated rings. The van der Waals surface area contributed by atoms with Crippen LogP contribution in [0, 0.1) is 0 Å². The zero-order chi connectivity index (χ0) is 12.1. The fraction of sp³-hybridized carbons (Fsp3) is 0.455. The van der Waals surface area contributed by atoms with E-state index in [1.807, 2.05) is 6.92 Å². The second-order valence-corrected chi connectivity index (χ2v) is 3.29. The van der Waals surface area contributed by atoms with Gasteiger partial charge in [0.25, 0.3) is 0 Å². The normalized spacial score (nSPS) is 12.6. The number of ether oxygens (including phenoxy) is 2. The molecular formula is C11H15F2NO2. The van der Waals surface area contributed by atoms with Crippen LogP contribution < -0.4 is 14.8 Å². The Hall–Kier alpha value is -1.36. The molecule has 0 radical (unpaired) electrons. The summed E-state index contributed by atoms with van der Waals surface area (Å²) in [6.07, 6.45) is 0. The fourth-order valence-electron chi connectivity index (χ4n) is 1.35. The quantitative estimate of drug-likeness (QED) is 0.844. The monoisotopic (exact) mass is 231 g/mol. The predicted molar refractivity (Wildman–Crippen MR) is 57.1 cm³/mol. The van der Waals surface area contributed by atoms with Crippen molar-refractivity contribution in [2.45, 2.75) is 19.6 Å². The summed E-state index contributed by atoms with van der Waals surface area (Å²) >= 11 is 0. The van der Waals surface area contributed by atoms with Gasteiger partial charge in [-0.25, -0.2) is 0 Å². The van der Waals surface area contributed by atoms with Crippen LogP contribution in [-0.2, 0) is 0 Å². The zero-order valence-corrected chi connectivity index (χ0v) is 9.46. The van der Waals surface area contributed by atoms with Gasteiger partial charge in [0.2, 0.25) is 0 Å². The first-order valence-electron chi connectivity index (χ1n) is 4.88. The Kier molecular flexibility index (Phi) is 4.49. The van der Waals surface area contributed by atoms with Crippen LogP contribution in [-0.4, -0.2) is 20.8 Å². The van der Waals surface area contributed by atoms with Crippen molar-refractivity contribution < 1.29 is 18.3 Å². The summed E-state index contributed by atoms with van der Waals surface area (Å²) in [5.41, 5.74) is 0.670. The van der Waals surface area contributed by atoms with Crippen molar-refractivity contribution in [2.75, 3.05) is 14.2 Å². The smallest absolute Gasteiger partial charge is 0.387 e. The molecule has 1 atom stereocenters. The van der Waals surface area contributed by atoms with Gasteiger partial charge < -0.3 is 14.8 Å². The van der Waals surface area contributed by atoms with Crippen LogP contribution in [0.5, 0.6) is 11.5 Å². The van der Waals surface area contributed by atoms with E-state index in [2.05, 4.69) is 10.1 Å². The van der Waals surface area contributed by atoms with E-state index >= 15 is 0 Å². The highest BCUT2D eigenvalue weighted by Crippen LogP contribution is 2.30. The first-order valence-corrected chi connectivity index (χ1v) is 4.88. The third kappa shape index (κ3) is 3.06. The largest absolute Gasteiger partial charge is 0.497 e. The number of hydrogen-bond donors (Lipinski definition) is 1. The van der Waals surface area contributed by atoms with Gasteiger partial charge in [-0.2, -0.15) is 8.78 Å². The average Bonchev–Trinajstić information content (AvgIpc) is 2.27. The molecule has 0 saturated carbocycles. The molecule has 0 aliphatic carbocycles. The van der Waals surface area contributed by atoms with Gasteiger partial charge in [-0.15, -0.1) is 0 Å². The summed E-state index contributed by atoms with van der Waals surface area (Å²) in [6, 6.07) is 4.80. The number of alkyl halides is 2. The highest BCUT2D eigenvalue weighted by atomic mass is 19.3. The summed E-state index contributed by atoms with van der Waals surface area (Å²) < 4.78 is 33.9. The minimum atomic E-state index is -2.84. The Morgan fingerprint density at radius 3 is 2.50 bits per heavy atom. The Morgan fingerprint density at radius 1 is 1.31 bits per heavy atom. The summed E-state index contributed by atoms with van der Waals surface area (Å²) in [5, 5.41) is 2.97. The summed E-state index contributed by atoms with van der Waals surface area (Å²) in [4.78, 5) is 0. The van der Waals surface area contributed by atoms with Crippen LogP contribution in [0.1, 0.15) is 18.5 Å². The molecule has 5 heteroatoms. The Bertz CT molecular complexity index is 345. The van der Waals surface area contributed by atoms with Crippen molar-refractivity contribution in [2.24, 2.45) is 0 Å². The van der Waals surface area contributed by atoms with Crippen molar-refractivity contribution >= 4 is 0 Å². The van der Waals surface area contributed by atoms with Crippen LogP contribution >= 0.6 is 0 Å². The van der Waals surface area contributed by atoms with Crippen LogP contribution in [0.25, 0.3) is 0 Å². The van der Waals surface area contributed by atoms with E-state index in [4.69, 9.17) is 4.74 Å². The lowest BCUT2D eigenvalue weighted by atomic mass is 10.1. The highest BCUT2D eigenvalue weighted by molar-refractivity contribution is 5.42. The predicted octanol–water partition coefficient (Wildman–Crippen LogP) is 2.58. The van der Waals surface area contributed by atoms with Crippen LogP contribution in [0.15, 0.2) is 18.2 Å². The third-order valence-corrected chi connectivity index (χ3v) is 2.34. The Labute approximate surface area is 93.4 Å². The molecule has 3 nitrogen and oxygen atoms in total. The maximum Gasteiger partial charge on any atom is 0.387 e. The van der Waals surface area contributed by atoms with Gasteiger partial charge in [0.05, 0.1) is 7.11 Å². The van der Waals surface area contributed by atoms with E-state index in [-0.39, 0.29) is 11.8 Å². The molecule has 0 spiro atoms. The van der Waals surface area contributed by atoms with E-state index in [0.717, 1.165) is 0 Å². The number of nitrogens with one attached hydrogen (secondary N) is 1. The van der Waals surface area contributed by atoms with Gasteiger partial charge in [0.15, 0.2) is 0 Å². The standard InChI is InChI=1S/C11H15F2NO2/c1-7(14-2)9-5-4-8(15-3)6-10(9)16-11(12)13/h4-7,11,14H,1-3H3. The van der Waals surface area contributed by atoms with Crippen molar-refractivity contribution in [3.8, 4) is 11.5 Å². The Balaban J connectivity index is 3.05. The molecule has 16 heavy (non-hydrogen) atoms. The summed E-state index contributed by atoms with van der Waals surface area (Å²) in [7, 11) is 3.23. The number of hydrogen-bond acceptors (Lipinski definition) is 3. The molecule has 0 amide bonds. The molecule has 1 rings (SSSR count). The molecule has 0 aliphatic heterocycles. The Morgan fingerprint density at radius 2 is 2.00 bits per heavy atom. The van der Waals surface area contributed by atoms with E-state index < -0.39 is 6.61 Å². The molecular weight excluding hydrogens is 216 g/mol. The molecule has 0 saturated heterocycles. The fourth-order valence-corrected chi connectivity index (χ4v) is 1.35. The van der Waals surface area contributed by atoms with Gasteiger partial charge in [-0.1, -0.05) is 6.07 Å². The SMILES string of the molecule is CNC(C)c1ccc(OC)cc1OC(F)F. The molecule has 1 aromatic rings. The second kappa shape index (κ2) is 5.65. The number of rotatable bonds is 5. The first kappa shape index (κ1) is 12.7. The molecule has 1 N–H and O–H groups in total. The van der Waals surface area contributed by atoms with Gasteiger partial charge in [0.1, 0.15) is 11.5 Å². The molecule has 0 aliphatic rings. The molecule has 0 aromatic heterocycles. The van der Waals surface area contributed by atoms with Crippen LogP contribution in [0.3, 0.4) is 0 Å². The molecule has 0 heterocycles. The lowest BCUT2D eigenvalue weighted by Gasteiger charge is -2.16. The lowest BCUT2D eigenvalue weighted by Crippen LogP contribution is -2.15. The number of methoxy groups -OCH3 is 1. The molecule has 0 bridgehead atoms. The summed E-state index contributed by atoms with van der Waals surface area (Å²) in [5.74, 6) is 0.624. The van der Waals surface area contributed by atoms with Crippen LogP contribution in [0.2, 0.25) is 0 Å². The lowest BCUT2D eigenvalue weighted by molar-refractivity contribution is -0.0507. The van der Waals surface area contributed by atoms with E-state index in [1.54, 1.807) is 19.2 Å². The second-order valence-electron chi connectivity index (χ2n) is 3.29. The topological polar surface area (TPSA) is 30.5 Å².